The molecule has 4 rings (SSSR count). The number of imide groups is 1. The number of hydrogen-bond acceptors (Lipinski definition) is 5. The van der Waals surface area contributed by atoms with Gasteiger partial charge in [-0.15, -0.1) is 0 Å². The van der Waals surface area contributed by atoms with E-state index in [1.807, 2.05) is 24.3 Å². The van der Waals surface area contributed by atoms with E-state index in [1.54, 1.807) is 17.0 Å². The number of fused-ring (bicyclic) bond motifs is 2. The summed E-state index contributed by atoms with van der Waals surface area (Å²) in [7, 11) is 0. The summed E-state index contributed by atoms with van der Waals surface area (Å²) in [6.45, 7) is -0.416. The maximum absolute atomic E-state index is 12.4. The van der Waals surface area contributed by atoms with E-state index in [9.17, 15) is 19.2 Å². The van der Waals surface area contributed by atoms with Crippen molar-refractivity contribution >= 4 is 29.4 Å². The minimum absolute atomic E-state index is 0.264. The summed E-state index contributed by atoms with van der Waals surface area (Å²) in [6, 6.07) is 13.9. The first-order chi connectivity index (χ1) is 13.1. The van der Waals surface area contributed by atoms with Crippen molar-refractivity contribution in [1.29, 1.82) is 0 Å². The van der Waals surface area contributed by atoms with Crippen LogP contribution in [0.25, 0.3) is 0 Å². The van der Waals surface area contributed by atoms with Crippen LogP contribution in [0.2, 0.25) is 0 Å². The first-order valence-corrected chi connectivity index (χ1v) is 8.55. The minimum atomic E-state index is -0.801. The number of esters is 1. The first-order valence-electron chi connectivity index (χ1n) is 8.55. The van der Waals surface area contributed by atoms with E-state index in [-0.39, 0.29) is 17.0 Å². The summed E-state index contributed by atoms with van der Waals surface area (Å²) in [4.78, 5) is 51.3. The summed E-state index contributed by atoms with van der Waals surface area (Å²) < 4.78 is 5.01. The van der Waals surface area contributed by atoms with Gasteiger partial charge in [-0.3, -0.25) is 24.1 Å². The topological polar surface area (TPSA) is 84.0 Å². The number of benzene rings is 2. The first kappa shape index (κ1) is 17.0. The predicted octanol–water partition coefficient (Wildman–Crippen LogP) is 1.42. The molecule has 0 unspecified atom stereocenters. The molecule has 0 N–H and O–H groups in total. The van der Waals surface area contributed by atoms with Gasteiger partial charge in [0.15, 0.2) is 6.61 Å². The fourth-order valence-electron chi connectivity index (χ4n) is 3.37. The van der Waals surface area contributed by atoms with Crippen LogP contribution in [-0.2, 0) is 20.7 Å². The van der Waals surface area contributed by atoms with Gasteiger partial charge in [-0.2, -0.15) is 0 Å². The number of ether oxygens (including phenoxy) is 1. The summed E-state index contributed by atoms with van der Waals surface area (Å²) >= 11 is 0. The number of hydrogen-bond donors (Lipinski definition) is 0. The van der Waals surface area contributed by atoms with Gasteiger partial charge in [-0.1, -0.05) is 30.3 Å². The van der Waals surface area contributed by atoms with Crippen LogP contribution in [0.5, 0.6) is 0 Å². The Balaban J connectivity index is 1.35. The van der Waals surface area contributed by atoms with Crippen molar-refractivity contribution in [3.8, 4) is 0 Å². The van der Waals surface area contributed by atoms with Crippen molar-refractivity contribution in [2.24, 2.45) is 0 Å². The van der Waals surface area contributed by atoms with Crippen LogP contribution in [0.15, 0.2) is 48.5 Å². The van der Waals surface area contributed by atoms with E-state index in [4.69, 9.17) is 4.74 Å². The molecule has 2 aliphatic heterocycles. The zero-order valence-corrected chi connectivity index (χ0v) is 14.4. The fraction of sp³-hybridized carbons (Fsp3) is 0.200. The van der Waals surface area contributed by atoms with Gasteiger partial charge in [-0.05, 0) is 30.2 Å². The molecule has 0 radical (unpaired) electrons. The van der Waals surface area contributed by atoms with E-state index in [2.05, 4.69) is 0 Å². The smallest absolute Gasteiger partial charge is 0.326 e. The number of para-hydroxylation sites is 1. The molecule has 0 aliphatic carbocycles. The van der Waals surface area contributed by atoms with Crippen LogP contribution in [0.3, 0.4) is 0 Å². The number of carbonyl (C=O) groups is 4. The van der Waals surface area contributed by atoms with Gasteiger partial charge >= 0.3 is 5.97 Å². The zero-order chi connectivity index (χ0) is 19.0. The average molecular weight is 364 g/mol. The van der Waals surface area contributed by atoms with Gasteiger partial charge in [0.1, 0.15) is 6.54 Å². The summed E-state index contributed by atoms with van der Waals surface area (Å²) in [5.74, 6) is -2.21. The predicted molar refractivity (Wildman–Crippen MR) is 95.3 cm³/mol. The molecule has 0 aromatic heterocycles. The molecule has 0 saturated heterocycles. The molecule has 0 atom stereocenters. The van der Waals surface area contributed by atoms with Crippen LogP contribution < -0.4 is 4.90 Å². The van der Waals surface area contributed by atoms with E-state index < -0.39 is 30.9 Å². The Kier molecular flexibility index (Phi) is 4.19. The summed E-state index contributed by atoms with van der Waals surface area (Å²) in [5.41, 5.74) is 2.42. The summed E-state index contributed by atoms with van der Waals surface area (Å²) in [6.07, 6.45) is 0.755. The molecule has 2 heterocycles. The third kappa shape index (κ3) is 2.97. The molecule has 0 fully saturated rings. The highest BCUT2D eigenvalue weighted by Crippen LogP contribution is 2.27. The SMILES string of the molecule is O=C(CN1C(=O)c2ccccc2C1=O)OCC(=O)N1CCc2ccccc21. The highest BCUT2D eigenvalue weighted by molar-refractivity contribution is 6.22. The second-order valence-electron chi connectivity index (χ2n) is 6.33. The van der Waals surface area contributed by atoms with Crippen molar-refractivity contribution < 1.29 is 23.9 Å². The number of amides is 3. The van der Waals surface area contributed by atoms with Gasteiger partial charge in [0.05, 0.1) is 11.1 Å². The fourth-order valence-corrected chi connectivity index (χ4v) is 3.37. The lowest BCUT2D eigenvalue weighted by atomic mass is 10.1. The maximum atomic E-state index is 12.4. The van der Waals surface area contributed by atoms with Crippen molar-refractivity contribution in [1.82, 2.24) is 4.90 Å². The van der Waals surface area contributed by atoms with E-state index in [1.165, 1.54) is 12.1 Å². The molecule has 7 nitrogen and oxygen atoms in total. The van der Waals surface area contributed by atoms with Crippen molar-refractivity contribution in [3.63, 3.8) is 0 Å². The Morgan fingerprint density at radius 2 is 1.56 bits per heavy atom. The van der Waals surface area contributed by atoms with E-state index >= 15 is 0 Å². The molecule has 3 amide bonds. The Morgan fingerprint density at radius 3 is 2.26 bits per heavy atom. The van der Waals surface area contributed by atoms with Gasteiger partial charge in [0.2, 0.25) is 0 Å². The standard InChI is InChI=1S/C20H16N2O5/c23-17(21-10-9-13-5-1-4-8-16(13)21)12-27-18(24)11-22-19(25)14-6-2-3-7-15(14)20(22)26/h1-8H,9-12H2. The summed E-state index contributed by atoms with van der Waals surface area (Å²) in [5, 5.41) is 0. The zero-order valence-electron chi connectivity index (χ0n) is 14.4. The molecule has 2 aromatic carbocycles. The van der Waals surface area contributed by atoms with E-state index in [0.29, 0.717) is 6.54 Å². The van der Waals surface area contributed by atoms with Crippen LogP contribution in [0.1, 0.15) is 26.3 Å². The third-order valence-electron chi connectivity index (χ3n) is 4.71. The third-order valence-corrected chi connectivity index (χ3v) is 4.71. The van der Waals surface area contributed by atoms with Crippen molar-refractivity contribution in [2.45, 2.75) is 6.42 Å². The van der Waals surface area contributed by atoms with Crippen LogP contribution in [0.4, 0.5) is 5.69 Å². The molecular formula is C20H16N2O5. The minimum Gasteiger partial charge on any atom is -0.454 e. The van der Waals surface area contributed by atoms with E-state index in [0.717, 1.165) is 22.6 Å². The Labute approximate surface area is 155 Å². The number of anilines is 1. The van der Waals surface area contributed by atoms with Crippen molar-refractivity contribution in [3.05, 3.63) is 65.2 Å². The second kappa shape index (κ2) is 6.68. The Morgan fingerprint density at radius 1 is 0.926 bits per heavy atom. The molecule has 0 spiro atoms. The lowest BCUT2D eigenvalue weighted by Crippen LogP contribution is -2.38. The number of nitrogens with zero attached hydrogens (tertiary/aromatic N) is 2. The molecule has 27 heavy (non-hydrogen) atoms. The lowest BCUT2D eigenvalue weighted by molar-refractivity contribution is -0.148. The maximum Gasteiger partial charge on any atom is 0.326 e. The van der Waals surface area contributed by atoms with Crippen LogP contribution >= 0.6 is 0 Å². The molecule has 2 aliphatic rings. The van der Waals surface area contributed by atoms with Gasteiger partial charge in [0.25, 0.3) is 17.7 Å². The van der Waals surface area contributed by atoms with Gasteiger partial charge < -0.3 is 9.64 Å². The molecule has 2 aromatic rings. The van der Waals surface area contributed by atoms with Crippen molar-refractivity contribution in [2.75, 3.05) is 24.6 Å². The Hall–Kier alpha value is -3.48. The average Bonchev–Trinajstić information content (AvgIpc) is 3.22. The lowest BCUT2D eigenvalue weighted by Gasteiger charge is -2.18. The normalized spacial score (nSPS) is 15.0. The number of carbonyl (C=O) groups excluding carboxylic acids is 4. The van der Waals surface area contributed by atoms with Gasteiger partial charge in [-0.25, -0.2) is 0 Å². The largest absolute Gasteiger partial charge is 0.454 e. The molecule has 0 bridgehead atoms. The molecule has 0 saturated carbocycles. The van der Waals surface area contributed by atoms with Crippen LogP contribution in [0, 0.1) is 0 Å². The molecule has 7 heteroatoms. The highest BCUT2D eigenvalue weighted by Gasteiger charge is 2.36. The monoisotopic (exact) mass is 364 g/mol. The molecular weight excluding hydrogens is 348 g/mol. The quantitative estimate of drug-likeness (QED) is 0.605. The number of rotatable bonds is 4. The second-order valence-corrected chi connectivity index (χ2v) is 6.33. The molecule has 136 valence electrons. The van der Waals surface area contributed by atoms with Gasteiger partial charge in [0, 0.05) is 12.2 Å². The highest BCUT2D eigenvalue weighted by atomic mass is 16.5. The Bertz CT molecular complexity index is 933. The van der Waals surface area contributed by atoms with Crippen LogP contribution in [-0.4, -0.2) is 48.3 Å².